The van der Waals surface area contributed by atoms with Crippen LogP contribution in [0.2, 0.25) is 0 Å². The molecule has 0 aromatic carbocycles. The van der Waals surface area contributed by atoms with Crippen LogP contribution in [0.5, 0.6) is 0 Å². The Morgan fingerprint density at radius 2 is 2.06 bits per heavy atom. The zero-order chi connectivity index (χ0) is 11.9. The molecule has 1 atom stereocenters. The molecule has 1 aliphatic heterocycles. The second-order valence-corrected chi connectivity index (χ2v) is 4.33. The van der Waals surface area contributed by atoms with E-state index in [1.165, 1.54) is 12.2 Å². The van der Waals surface area contributed by atoms with E-state index in [0.29, 0.717) is 6.08 Å². The Morgan fingerprint density at radius 3 is 2.69 bits per heavy atom. The van der Waals surface area contributed by atoms with Crippen LogP contribution < -0.4 is 0 Å². The summed E-state index contributed by atoms with van der Waals surface area (Å²) in [6.07, 6.45) is 0.389. The summed E-state index contributed by atoms with van der Waals surface area (Å²) in [4.78, 5) is 14.3. The molecule has 0 saturated carbocycles. The van der Waals surface area contributed by atoms with Crippen molar-refractivity contribution in [3.63, 3.8) is 0 Å². The predicted octanol–water partition coefficient (Wildman–Crippen LogP) is 2.72. The highest BCUT2D eigenvalue weighted by molar-refractivity contribution is 9.09. The number of rotatable bonds is 0. The van der Waals surface area contributed by atoms with Crippen molar-refractivity contribution in [2.24, 2.45) is 4.99 Å². The molecule has 0 aromatic heterocycles. The van der Waals surface area contributed by atoms with E-state index in [4.69, 9.17) is 0 Å². The first-order valence-electron chi connectivity index (χ1n) is 4.34. The first-order chi connectivity index (χ1) is 7.38. The van der Waals surface area contributed by atoms with Gasteiger partial charge in [0.25, 0.3) is 5.91 Å². The highest BCUT2D eigenvalue weighted by Crippen LogP contribution is 2.36. The maximum atomic E-state index is 12.7. The van der Waals surface area contributed by atoms with Gasteiger partial charge in [0.15, 0.2) is 0 Å². The summed E-state index contributed by atoms with van der Waals surface area (Å²) in [6.45, 7) is 0. The SMILES string of the molecule is O=C1C=C(C(F)(F)F)C2=CC(Br)C=CC2=N1. The summed E-state index contributed by atoms with van der Waals surface area (Å²) >= 11 is 3.16. The Kier molecular flexibility index (Phi) is 2.61. The molecule has 2 nitrogen and oxygen atoms in total. The van der Waals surface area contributed by atoms with Gasteiger partial charge in [-0.15, -0.1) is 0 Å². The summed E-state index contributed by atoms with van der Waals surface area (Å²) in [5.41, 5.74) is -0.914. The van der Waals surface area contributed by atoms with Crippen LogP contribution in [0.3, 0.4) is 0 Å². The highest BCUT2D eigenvalue weighted by atomic mass is 79.9. The zero-order valence-corrected chi connectivity index (χ0v) is 9.34. The maximum Gasteiger partial charge on any atom is 0.417 e. The fourth-order valence-electron chi connectivity index (χ4n) is 1.49. The third kappa shape index (κ3) is 2.02. The van der Waals surface area contributed by atoms with Gasteiger partial charge in [-0.3, -0.25) is 4.79 Å². The van der Waals surface area contributed by atoms with Crippen molar-refractivity contribution in [2.45, 2.75) is 11.0 Å². The predicted molar refractivity (Wildman–Crippen MR) is 56.5 cm³/mol. The second-order valence-electron chi connectivity index (χ2n) is 3.27. The van der Waals surface area contributed by atoms with Crippen molar-refractivity contribution in [1.29, 1.82) is 0 Å². The number of allylic oxidation sites excluding steroid dienone is 5. The van der Waals surface area contributed by atoms with Crippen molar-refractivity contribution < 1.29 is 18.0 Å². The normalized spacial score (nSPS) is 24.6. The van der Waals surface area contributed by atoms with Crippen LogP contribution >= 0.6 is 15.9 Å². The average Bonchev–Trinajstić information content (AvgIpc) is 2.16. The number of halogens is 4. The molecule has 0 radical (unpaired) electrons. The van der Waals surface area contributed by atoms with Crippen LogP contribution in [0.15, 0.2) is 40.4 Å². The second kappa shape index (κ2) is 3.69. The summed E-state index contributed by atoms with van der Waals surface area (Å²) in [5, 5.41) is 0. The minimum absolute atomic E-state index is 0.0449. The quantitative estimate of drug-likeness (QED) is 0.631. The molecular weight excluding hydrogens is 287 g/mol. The summed E-state index contributed by atoms with van der Waals surface area (Å²) in [6, 6.07) is 0. The van der Waals surface area contributed by atoms with Crippen LogP contribution in [-0.4, -0.2) is 22.6 Å². The van der Waals surface area contributed by atoms with E-state index < -0.39 is 17.7 Å². The molecule has 2 aliphatic rings. The summed E-state index contributed by atoms with van der Waals surface area (Å²) in [5.74, 6) is -0.878. The minimum atomic E-state index is -4.54. The number of carbonyl (C=O) groups is 1. The van der Waals surface area contributed by atoms with Crippen LogP contribution in [-0.2, 0) is 4.79 Å². The van der Waals surface area contributed by atoms with E-state index in [1.807, 2.05) is 0 Å². The lowest BCUT2D eigenvalue weighted by molar-refractivity contribution is -0.115. The summed E-state index contributed by atoms with van der Waals surface area (Å²) in [7, 11) is 0. The minimum Gasteiger partial charge on any atom is -0.267 e. The fraction of sp³-hybridized carbons (Fsp3) is 0.200. The number of amides is 1. The molecule has 16 heavy (non-hydrogen) atoms. The molecule has 0 bridgehead atoms. The number of aliphatic imine (C=N–C) groups is 1. The Hall–Kier alpha value is -1.17. The molecule has 1 aliphatic carbocycles. The molecule has 6 heteroatoms. The monoisotopic (exact) mass is 291 g/mol. The van der Waals surface area contributed by atoms with Crippen LogP contribution in [0.1, 0.15) is 0 Å². The van der Waals surface area contributed by atoms with Crippen molar-refractivity contribution in [1.82, 2.24) is 0 Å². The van der Waals surface area contributed by atoms with Gasteiger partial charge in [0, 0.05) is 11.6 Å². The van der Waals surface area contributed by atoms with Gasteiger partial charge in [-0.05, 0) is 6.08 Å². The Morgan fingerprint density at radius 1 is 1.38 bits per heavy atom. The van der Waals surface area contributed by atoms with Crippen LogP contribution in [0, 0.1) is 0 Å². The smallest absolute Gasteiger partial charge is 0.267 e. The van der Waals surface area contributed by atoms with Gasteiger partial charge in [-0.1, -0.05) is 28.1 Å². The van der Waals surface area contributed by atoms with Gasteiger partial charge in [0.1, 0.15) is 0 Å². The molecule has 2 rings (SSSR count). The van der Waals surface area contributed by atoms with E-state index in [1.54, 1.807) is 6.08 Å². The molecule has 1 amide bonds. The number of hydrogen-bond donors (Lipinski definition) is 0. The van der Waals surface area contributed by atoms with Crippen molar-refractivity contribution >= 4 is 27.5 Å². The van der Waals surface area contributed by atoms with E-state index >= 15 is 0 Å². The molecule has 0 spiro atoms. The van der Waals surface area contributed by atoms with Crippen LogP contribution in [0.4, 0.5) is 13.2 Å². The van der Waals surface area contributed by atoms with Gasteiger partial charge in [0.2, 0.25) is 0 Å². The molecule has 84 valence electrons. The molecule has 0 saturated heterocycles. The molecular formula is C10H5BrF3NO. The van der Waals surface area contributed by atoms with Crippen LogP contribution in [0.25, 0.3) is 0 Å². The van der Waals surface area contributed by atoms with Gasteiger partial charge in [-0.25, -0.2) is 4.99 Å². The fourth-order valence-corrected chi connectivity index (χ4v) is 1.90. The molecule has 0 aromatic rings. The topological polar surface area (TPSA) is 29.4 Å². The number of nitrogens with zero attached hydrogens (tertiary/aromatic N) is 1. The lowest BCUT2D eigenvalue weighted by atomic mass is 9.93. The number of hydrogen-bond acceptors (Lipinski definition) is 1. The van der Waals surface area contributed by atoms with E-state index in [-0.39, 0.29) is 16.1 Å². The van der Waals surface area contributed by atoms with Gasteiger partial charge in [0.05, 0.1) is 16.1 Å². The lowest BCUT2D eigenvalue weighted by Gasteiger charge is -2.21. The Bertz CT molecular complexity index is 471. The van der Waals surface area contributed by atoms with E-state index in [2.05, 4.69) is 20.9 Å². The standard InChI is InChI=1S/C10H5BrF3NO/c11-5-1-2-8-6(3-5)7(10(12,13)14)4-9(16)15-8/h1-5H. The number of dihydropyridines is 1. The first kappa shape index (κ1) is 11.3. The third-order valence-corrected chi connectivity index (χ3v) is 2.70. The maximum absolute atomic E-state index is 12.7. The molecule has 0 N–H and O–H groups in total. The van der Waals surface area contributed by atoms with Gasteiger partial charge in [-0.2, -0.15) is 13.2 Å². The summed E-state index contributed by atoms with van der Waals surface area (Å²) < 4.78 is 38.0. The van der Waals surface area contributed by atoms with Gasteiger partial charge >= 0.3 is 6.18 Å². The zero-order valence-electron chi connectivity index (χ0n) is 7.75. The van der Waals surface area contributed by atoms with Crippen molar-refractivity contribution in [3.05, 3.63) is 35.5 Å². The Balaban J connectivity index is 2.51. The van der Waals surface area contributed by atoms with Crippen molar-refractivity contribution in [2.75, 3.05) is 0 Å². The molecule has 0 fully saturated rings. The third-order valence-electron chi connectivity index (χ3n) is 2.13. The van der Waals surface area contributed by atoms with Gasteiger partial charge < -0.3 is 0 Å². The highest BCUT2D eigenvalue weighted by Gasteiger charge is 2.40. The Labute approximate surface area is 97.4 Å². The number of carbonyl (C=O) groups excluding carboxylic acids is 1. The van der Waals surface area contributed by atoms with E-state index in [0.717, 1.165) is 0 Å². The largest absolute Gasteiger partial charge is 0.417 e. The number of alkyl halides is 4. The molecule has 1 heterocycles. The molecule has 1 unspecified atom stereocenters. The first-order valence-corrected chi connectivity index (χ1v) is 5.26. The van der Waals surface area contributed by atoms with Crippen molar-refractivity contribution in [3.8, 4) is 0 Å². The average molecular weight is 292 g/mol. The lowest BCUT2D eigenvalue weighted by Crippen LogP contribution is -2.25. The van der Waals surface area contributed by atoms with E-state index in [9.17, 15) is 18.0 Å². The number of fused-ring (bicyclic) bond motifs is 1.